The minimum Gasteiger partial charge on any atom is -0.395 e. The summed E-state index contributed by atoms with van der Waals surface area (Å²) in [6.07, 6.45) is 6.15. The van der Waals surface area contributed by atoms with Gasteiger partial charge in [-0.25, -0.2) is 0 Å². The molecule has 88 valence electrons. The van der Waals surface area contributed by atoms with Crippen LogP contribution in [0.25, 0.3) is 0 Å². The molecule has 0 aromatic heterocycles. The topological polar surface area (TPSA) is 49.8 Å². The first kappa shape index (κ1) is 12.5. The molecule has 1 N–H and O–H groups in total. The fraction of sp³-hybridized carbons (Fsp3) is 0.909. The van der Waals surface area contributed by atoms with Crippen LogP contribution in [0.5, 0.6) is 0 Å². The lowest BCUT2D eigenvalue weighted by atomic mass is 9.98. The molecule has 0 atom stereocenters. The molecule has 0 unspecified atom stereocenters. The Morgan fingerprint density at radius 3 is 2.67 bits per heavy atom. The predicted molar refractivity (Wildman–Crippen MR) is 57.5 cm³/mol. The second kappa shape index (κ2) is 6.80. The van der Waals surface area contributed by atoms with Gasteiger partial charge in [0.05, 0.1) is 12.7 Å². The van der Waals surface area contributed by atoms with E-state index in [2.05, 4.69) is 0 Å². The molecule has 4 heteroatoms. The first-order valence-corrected chi connectivity index (χ1v) is 5.70. The van der Waals surface area contributed by atoms with Gasteiger partial charge < -0.3 is 14.7 Å². The van der Waals surface area contributed by atoms with Gasteiger partial charge in [0.25, 0.3) is 0 Å². The number of hydrogen-bond acceptors (Lipinski definition) is 3. The highest BCUT2D eigenvalue weighted by Crippen LogP contribution is 2.20. The summed E-state index contributed by atoms with van der Waals surface area (Å²) in [6, 6.07) is 0. The van der Waals surface area contributed by atoms with Gasteiger partial charge in [0.2, 0.25) is 5.91 Å². The number of carbonyl (C=O) groups excluding carboxylic acids is 1. The first-order chi connectivity index (χ1) is 7.24. The number of hydrogen-bond donors (Lipinski definition) is 1. The average Bonchev–Trinajstić information content (AvgIpc) is 2.27. The second-order valence-corrected chi connectivity index (χ2v) is 4.11. The lowest BCUT2D eigenvalue weighted by Crippen LogP contribution is -2.34. The van der Waals surface area contributed by atoms with Gasteiger partial charge in [-0.1, -0.05) is 19.3 Å². The van der Waals surface area contributed by atoms with Crippen molar-refractivity contribution in [3.8, 4) is 0 Å². The Balaban J connectivity index is 2.14. The fourth-order valence-corrected chi connectivity index (χ4v) is 1.81. The maximum absolute atomic E-state index is 11.5. The van der Waals surface area contributed by atoms with Gasteiger partial charge in [0, 0.05) is 13.6 Å². The quantitative estimate of drug-likeness (QED) is 0.737. The van der Waals surface area contributed by atoms with Gasteiger partial charge in [0.15, 0.2) is 0 Å². The van der Waals surface area contributed by atoms with Crippen molar-refractivity contribution in [1.82, 2.24) is 4.90 Å². The van der Waals surface area contributed by atoms with Crippen molar-refractivity contribution in [2.45, 2.75) is 38.2 Å². The van der Waals surface area contributed by atoms with Crippen LogP contribution in [0.15, 0.2) is 0 Å². The molecule has 0 spiro atoms. The van der Waals surface area contributed by atoms with Crippen molar-refractivity contribution >= 4 is 5.91 Å². The molecule has 0 aliphatic heterocycles. The normalized spacial score (nSPS) is 17.7. The molecule has 1 saturated carbocycles. The zero-order valence-corrected chi connectivity index (χ0v) is 9.45. The monoisotopic (exact) mass is 215 g/mol. The zero-order valence-electron chi connectivity index (χ0n) is 9.45. The third-order valence-corrected chi connectivity index (χ3v) is 2.86. The third-order valence-electron chi connectivity index (χ3n) is 2.86. The number of nitrogens with zero attached hydrogens (tertiary/aromatic N) is 1. The maximum Gasteiger partial charge on any atom is 0.248 e. The van der Waals surface area contributed by atoms with Crippen LogP contribution < -0.4 is 0 Å². The average molecular weight is 215 g/mol. The van der Waals surface area contributed by atoms with Gasteiger partial charge >= 0.3 is 0 Å². The van der Waals surface area contributed by atoms with E-state index in [1.165, 1.54) is 24.2 Å². The fourth-order valence-electron chi connectivity index (χ4n) is 1.81. The molecule has 0 radical (unpaired) electrons. The highest BCUT2D eigenvalue weighted by molar-refractivity contribution is 5.77. The molecule has 1 fully saturated rings. The molecule has 15 heavy (non-hydrogen) atoms. The van der Waals surface area contributed by atoms with Gasteiger partial charge in [-0.2, -0.15) is 0 Å². The summed E-state index contributed by atoms with van der Waals surface area (Å²) in [6.45, 7) is 0.541. The molecule has 1 aliphatic rings. The van der Waals surface area contributed by atoms with Crippen LogP contribution in [-0.2, 0) is 9.53 Å². The van der Waals surface area contributed by atoms with E-state index in [9.17, 15) is 4.79 Å². The standard InChI is InChI=1S/C11H21NO3/c1-12(7-8-13)11(14)9-15-10-5-3-2-4-6-10/h10,13H,2-9H2,1H3. The highest BCUT2D eigenvalue weighted by Gasteiger charge is 2.16. The molecule has 0 aromatic carbocycles. The molecule has 1 amide bonds. The number of likely N-dealkylation sites (N-methyl/N-ethyl adjacent to an activating group) is 1. The summed E-state index contributed by atoms with van der Waals surface area (Å²) >= 11 is 0. The Morgan fingerprint density at radius 1 is 1.40 bits per heavy atom. The third kappa shape index (κ3) is 4.62. The van der Waals surface area contributed by atoms with E-state index in [0.29, 0.717) is 6.54 Å². The van der Waals surface area contributed by atoms with E-state index in [1.54, 1.807) is 7.05 Å². The Morgan fingerprint density at radius 2 is 2.07 bits per heavy atom. The van der Waals surface area contributed by atoms with Crippen LogP contribution in [-0.4, -0.2) is 48.8 Å². The van der Waals surface area contributed by atoms with Gasteiger partial charge in [0.1, 0.15) is 6.61 Å². The Bertz CT molecular complexity index is 190. The van der Waals surface area contributed by atoms with Crippen molar-refractivity contribution in [2.24, 2.45) is 0 Å². The lowest BCUT2D eigenvalue weighted by Gasteiger charge is -2.23. The molecule has 1 rings (SSSR count). The van der Waals surface area contributed by atoms with Crippen LogP contribution in [0, 0.1) is 0 Å². The van der Waals surface area contributed by atoms with E-state index in [-0.39, 0.29) is 25.2 Å². The Labute approximate surface area is 91.2 Å². The van der Waals surface area contributed by atoms with E-state index >= 15 is 0 Å². The first-order valence-electron chi connectivity index (χ1n) is 5.70. The van der Waals surface area contributed by atoms with E-state index in [1.807, 2.05) is 0 Å². The SMILES string of the molecule is CN(CCO)C(=O)COC1CCCCC1. The zero-order chi connectivity index (χ0) is 11.1. The second-order valence-electron chi connectivity index (χ2n) is 4.11. The summed E-state index contributed by atoms with van der Waals surface area (Å²) in [7, 11) is 1.68. The molecule has 4 nitrogen and oxygen atoms in total. The highest BCUT2D eigenvalue weighted by atomic mass is 16.5. The number of aliphatic hydroxyl groups is 1. The molecule has 0 bridgehead atoms. The molecular formula is C11H21NO3. The summed E-state index contributed by atoms with van der Waals surface area (Å²) in [5, 5.41) is 8.67. The lowest BCUT2D eigenvalue weighted by molar-refractivity contribution is -0.137. The summed E-state index contributed by atoms with van der Waals surface area (Å²) < 4.78 is 5.54. The Hall–Kier alpha value is -0.610. The summed E-state index contributed by atoms with van der Waals surface area (Å²) in [5.74, 6) is -0.0466. The van der Waals surface area contributed by atoms with E-state index < -0.39 is 0 Å². The van der Waals surface area contributed by atoms with Crippen molar-refractivity contribution in [1.29, 1.82) is 0 Å². The van der Waals surface area contributed by atoms with Crippen LogP contribution in [0.2, 0.25) is 0 Å². The van der Waals surface area contributed by atoms with Crippen molar-refractivity contribution in [3.63, 3.8) is 0 Å². The maximum atomic E-state index is 11.5. The molecule has 0 saturated heterocycles. The minimum atomic E-state index is -0.0466. The number of amides is 1. The summed E-state index contributed by atoms with van der Waals surface area (Å²) in [5.41, 5.74) is 0. The largest absolute Gasteiger partial charge is 0.395 e. The van der Waals surface area contributed by atoms with Crippen LogP contribution in [0.3, 0.4) is 0 Å². The smallest absolute Gasteiger partial charge is 0.248 e. The predicted octanol–water partition coefficient (Wildman–Crippen LogP) is 0.786. The molecular weight excluding hydrogens is 194 g/mol. The van der Waals surface area contributed by atoms with Gasteiger partial charge in [-0.15, -0.1) is 0 Å². The van der Waals surface area contributed by atoms with E-state index in [4.69, 9.17) is 9.84 Å². The summed E-state index contributed by atoms with van der Waals surface area (Å²) in [4.78, 5) is 13.0. The van der Waals surface area contributed by atoms with Crippen molar-refractivity contribution in [2.75, 3.05) is 26.8 Å². The number of rotatable bonds is 5. The minimum absolute atomic E-state index is 0.00562. The van der Waals surface area contributed by atoms with Crippen LogP contribution >= 0.6 is 0 Å². The molecule has 1 aliphatic carbocycles. The number of aliphatic hydroxyl groups excluding tert-OH is 1. The molecule has 0 aromatic rings. The van der Waals surface area contributed by atoms with Gasteiger partial charge in [-0.05, 0) is 12.8 Å². The van der Waals surface area contributed by atoms with E-state index in [0.717, 1.165) is 12.8 Å². The van der Waals surface area contributed by atoms with Crippen LogP contribution in [0.1, 0.15) is 32.1 Å². The number of ether oxygens (including phenoxy) is 1. The van der Waals surface area contributed by atoms with Crippen LogP contribution in [0.4, 0.5) is 0 Å². The Kier molecular flexibility index (Phi) is 5.65. The number of carbonyl (C=O) groups is 1. The van der Waals surface area contributed by atoms with Crippen molar-refractivity contribution in [3.05, 3.63) is 0 Å². The van der Waals surface area contributed by atoms with Gasteiger partial charge in [-0.3, -0.25) is 4.79 Å². The molecule has 0 heterocycles. The van der Waals surface area contributed by atoms with Crippen molar-refractivity contribution < 1.29 is 14.6 Å².